The average Bonchev–Trinajstić information content (AvgIpc) is 3.14. The van der Waals surface area contributed by atoms with Crippen molar-refractivity contribution in [2.45, 2.75) is 24.8 Å². The van der Waals surface area contributed by atoms with Crippen molar-refractivity contribution in [3.63, 3.8) is 0 Å². The fraction of sp³-hybridized carbons (Fsp3) is 0.158. The number of aromatic amines is 1. The molecule has 0 aliphatic rings. The molecule has 4 rings (SSSR count). The largest absolute Gasteiger partial charge is 0.268 e. The first-order chi connectivity index (χ1) is 12.6. The molecule has 0 radical (unpaired) electrons. The molecule has 7 heteroatoms. The van der Waals surface area contributed by atoms with E-state index < -0.39 is 0 Å². The van der Waals surface area contributed by atoms with Crippen molar-refractivity contribution in [3.05, 3.63) is 76.1 Å². The fourth-order valence-corrected chi connectivity index (χ4v) is 3.69. The van der Waals surface area contributed by atoms with E-state index in [1.165, 1.54) is 18.1 Å². The van der Waals surface area contributed by atoms with Crippen LogP contribution in [0.5, 0.6) is 0 Å². The van der Waals surface area contributed by atoms with Gasteiger partial charge in [-0.1, -0.05) is 42.1 Å². The van der Waals surface area contributed by atoms with Gasteiger partial charge < -0.3 is 0 Å². The van der Waals surface area contributed by atoms with Gasteiger partial charge in [0.15, 0.2) is 0 Å². The first-order valence-electron chi connectivity index (χ1n) is 8.21. The molecule has 2 aromatic carbocycles. The number of hydrogen-bond donors (Lipinski definition) is 1. The summed E-state index contributed by atoms with van der Waals surface area (Å²) < 4.78 is 1.71. The molecule has 0 saturated heterocycles. The summed E-state index contributed by atoms with van der Waals surface area (Å²) >= 11 is 1.44. The van der Waals surface area contributed by atoms with Crippen LogP contribution in [0.25, 0.3) is 16.6 Å². The van der Waals surface area contributed by atoms with Crippen LogP contribution in [0.4, 0.5) is 0 Å². The van der Waals surface area contributed by atoms with Crippen molar-refractivity contribution in [2.75, 3.05) is 0 Å². The van der Waals surface area contributed by atoms with Gasteiger partial charge in [0.25, 0.3) is 5.56 Å². The van der Waals surface area contributed by atoms with Crippen LogP contribution in [-0.2, 0) is 5.75 Å². The van der Waals surface area contributed by atoms with Gasteiger partial charge in [-0.15, -0.1) is 5.10 Å². The molecule has 2 heterocycles. The zero-order valence-corrected chi connectivity index (χ0v) is 15.2. The number of aryl methyl sites for hydroxylation is 2. The van der Waals surface area contributed by atoms with Gasteiger partial charge in [-0.25, -0.2) is 9.97 Å². The number of fused-ring (bicyclic) bond motifs is 1. The summed E-state index contributed by atoms with van der Waals surface area (Å²) in [7, 11) is 0. The molecule has 6 nitrogen and oxygen atoms in total. The lowest BCUT2D eigenvalue weighted by molar-refractivity contribution is 0.873. The molecule has 0 bridgehead atoms. The molecule has 0 spiro atoms. The van der Waals surface area contributed by atoms with Crippen LogP contribution in [-0.4, -0.2) is 24.7 Å². The van der Waals surface area contributed by atoms with Crippen LogP contribution in [0.2, 0.25) is 0 Å². The van der Waals surface area contributed by atoms with Gasteiger partial charge in [0.1, 0.15) is 12.2 Å². The maximum absolute atomic E-state index is 13.4. The molecule has 0 fully saturated rings. The van der Waals surface area contributed by atoms with Crippen molar-refractivity contribution in [1.29, 1.82) is 0 Å². The maximum atomic E-state index is 13.4. The van der Waals surface area contributed by atoms with Crippen LogP contribution >= 0.6 is 11.8 Å². The van der Waals surface area contributed by atoms with Crippen LogP contribution in [0.15, 0.2) is 58.7 Å². The molecule has 0 saturated carbocycles. The number of nitrogens with one attached hydrogen (secondary N) is 1. The van der Waals surface area contributed by atoms with Gasteiger partial charge in [0, 0.05) is 0 Å². The van der Waals surface area contributed by atoms with Crippen LogP contribution < -0.4 is 5.56 Å². The smallest absolute Gasteiger partial charge is 0.266 e. The molecule has 4 aromatic rings. The van der Waals surface area contributed by atoms with Crippen molar-refractivity contribution in [3.8, 4) is 5.69 Å². The van der Waals surface area contributed by atoms with E-state index in [0.29, 0.717) is 27.6 Å². The van der Waals surface area contributed by atoms with Gasteiger partial charge in [-0.2, -0.15) is 0 Å². The molecule has 0 unspecified atom stereocenters. The Morgan fingerprint density at radius 2 is 1.88 bits per heavy atom. The summed E-state index contributed by atoms with van der Waals surface area (Å²) in [5, 5.41) is 8.04. The predicted molar refractivity (Wildman–Crippen MR) is 103 cm³/mol. The van der Waals surface area contributed by atoms with Gasteiger partial charge in [-0.05, 0) is 37.1 Å². The summed E-state index contributed by atoms with van der Waals surface area (Å²) in [5.74, 6) is 1.17. The van der Waals surface area contributed by atoms with Crippen molar-refractivity contribution < 1.29 is 0 Å². The zero-order chi connectivity index (χ0) is 18.1. The van der Waals surface area contributed by atoms with Crippen LogP contribution in [0.3, 0.4) is 0 Å². The number of H-pyrrole nitrogens is 1. The number of thioether (sulfide) groups is 1. The molecule has 0 aliphatic heterocycles. The van der Waals surface area contributed by atoms with E-state index in [0.717, 1.165) is 16.8 Å². The van der Waals surface area contributed by atoms with Gasteiger partial charge in [0.05, 0.1) is 22.3 Å². The highest BCUT2D eigenvalue weighted by Gasteiger charge is 2.16. The average molecular weight is 363 g/mol. The minimum atomic E-state index is -0.0482. The van der Waals surface area contributed by atoms with E-state index in [4.69, 9.17) is 4.98 Å². The highest BCUT2D eigenvalue weighted by atomic mass is 32.2. The van der Waals surface area contributed by atoms with E-state index in [1.807, 2.05) is 56.3 Å². The van der Waals surface area contributed by atoms with Crippen molar-refractivity contribution >= 4 is 22.7 Å². The Kier molecular flexibility index (Phi) is 4.30. The lowest BCUT2D eigenvalue weighted by Gasteiger charge is -2.15. The summed E-state index contributed by atoms with van der Waals surface area (Å²) in [5.41, 5.74) is 3.46. The van der Waals surface area contributed by atoms with Crippen molar-refractivity contribution in [2.24, 2.45) is 0 Å². The summed E-state index contributed by atoms with van der Waals surface area (Å²) in [4.78, 5) is 22.3. The Hall–Kier alpha value is -2.93. The molecule has 0 amide bonds. The number of benzene rings is 2. The molecule has 130 valence electrons. The second kappa shape index (κ2) is 6.76. The Bertz CT molecular complexity index is 1130. The fourth-order valence-electron chi connectivity index (χ4n) is 3.00. The minimum Gasteiger partial charge on any atom is -0.268 e. The number of para-hydroxylation sites is 1. The van der Waals surface area contributed by atoms with E-state index in [-0.39, 0.29) is 5.56 Å². The Morgan fingerprint density at radius 3 is 2.65 bits per heavy atom. The van der Waals surface area contributed by atoms with E-state index in [9.17, 15) is 4.79 Å². The normalized spacial score (nSPS) is 11.2. The molecular weight excluding hydrogens is 346 g/mol. The van der Waals surface area contributed by atoms with E-state index >= 15 is 0 Å². The third-order valence-electron chi connectivity index (χ3n) is 4.26. The molecule has 1 N–H and O–H groups in total. The van der Waals surface area contributed by atoms with E-state index in [1.54, 1.807) is 4.57 Å². The highest BCUT2D eigenvalue weighted by molar-refractivity contribution is 7.98. The monoisotopic (exact) mass is 363 g/mol. The SMILES string of the molecule is Cc1ccccc1-n1c(CSc2nc[nH]n2)nc2cccc(C)c2c1=O. The van der Waals surface area contributed by atoms with Crippen molar-refractivity contribution in [1.82, 2.24) is 24.7 Å². The predicted octanol–water partition coefficient (Wildman–Crippen LogP) is 3.41. The molecular formula is C19H17N5OS. The summed E-state index contributed by atoms with van der Waals surface area (Å²) in [6.45, 7) is 3.94. The number of rotatable bonds is 4. The number of hydrogen-bond acceptors (Lipinski definition) is 5. The molecule has 26 heavy (non-hydrogen) atoms. The van der Waals surface area contributed by atoms with Gasteiger partial charge >= 0.3 is 0 Å². The summed E-state index contributed by atoms with van der Waals surface area (Å²) in [6.07, 6.45) is 1.54. The second-order valence-corrected chi connectivity index (χ2v) is 6.94. The molecule has 2 aromatic heterocycles. The first-order valence-corrected chi connectivity index (χ1v) is 9.19. The minimum absolute atomic E-state index is 0.0482. The topological polar surface area (TPSA) is 76.5 Å². The van der Waals surface area contributed by atoms with E-state index in [2.05, 4.69) is 15.2 Å². The summed E-state index contributed by atoms with van der Waals surface area (Å²) in [6, 6.07) is 13.6. The molecule has 0 aliphatic carbocycles. The van der Waals surface area contributed by atoms with Gasteiger partial charge in [0.2, 0.25) is 5.16 Å². The quantitative estimate of drug-likeness (QED) is 0.562. The lowest BCUT2D eigenvalue weighted by atomic mass is 10.1. The zero-order valence-electron chi connectivity index (χ0n) is 14.4. The first kappa shape index (κ1) is 16.5. The second-order valence-electron chi connectivity index (χ2n) is 5.99. The number of aromatic nitrogens is 5. The standard InChI is InChI=1S/C19H17N5OS/c1-12-6-3-4-9-15(12)24-16(10-26-19-20-11-21-23-19)22-14-8-5-7-13(2)17(14)18(24)25/h3-9,11H,10H2,1-2H3,(H,20,21,23). The van der Waals surface area contributed by atoms with Crippen LogP contribution in [0.1, 0.15) is 17.0 Å². The Balaban J connectivity index is 1.95. The third-order valence-corrected chi connectivity index (χ3v) is 5.11. The highest BCUT2D eigenvalue weighted by Crippen LogP contribution is 2.23. The Morgan fingerprint density at radius 1 is 1.08 bits per heavy atom. The van der Waals surface area contributed by atoms with Gasteiger partial charge in [-0.3, -0.25) is 14.5 Å². The lowest BCUT2D eigenvalue weighted by Crippen LogP contribution is -2.25. The maximum Gasteiger partial charge on any atom is 0.266 e. The Labute approximate surface area is 154 Å². The number of nitrogens with zero attached hydrogens (tertiary/aromatic N) is 4. The third kappa shape index (κ3) is 2.90. The van der Waals surface area contributed by atoms with Crippen LogP contribution in [0, 0.1) is 13.8 Å². The molecule has 0 atom stereocenters.